The first-order valence-corrected chi connectivity index (χ1v) is 10.5. The molecular formula is C15H20BrClO3S. The van der Waals surface area contributed by atoms with Gasteiger partial charge in [0.05, 0.1) is 12.4 Å². The van der Waals surface area contributed by atoms with Crippen LogP contribution in [0.4, 0.5) is 0 Å². The number of rotatable bonds is 5. The molecule has 0 unspecified atom stereocenters. The van der Waals surface area contributed by atoms with Gasteiger partial charge < -0.3 is 4.74 Å². The predicted octanol–water partition coefficient (Wildman–Crippen LogP) is 4.74. The van der Waals surface area contributed by atoms with Crippen LogP contribution in [-0.4, -0.2) is 20.8 Å². The van der Waals surface area contributed by atoms with Crippen molar-refractivity contribution in [3.63, 3.8) is 0 Å². The van der Waals surface area contributed by atoms with Crippen LogP contribution >= 0.6 is 26.6 Å². The highest BCUT2D eigenvalue weighted by Crippen LogP contribution is 2.38. The van der Waals surface area contributed by atoms with Gasteiger partial charge in [0.15, 0.2) is 0 Å². The summed E-state index contributed by atoms with van der Waals surface area (Å²) in [4.78, 5) is 0. The van der Waals surface area contributed by atoms with E-state index in [4.69, 9.17) is 15.4 Å². The number of hydrogen-bond acceptors (Lipinski definition) is 3. The summed E-state index contributed by atoms with van der Waals surface area (Å²) in [7, 11) is 2.00. The van der Waals surface area contributed by atoms with E-state index in [-0.39, 0.29) is 11.2 Å². The normalized spacial score (nSPS) is 19.0. The number of halogens is 2. The van der Waals surface area contributed by atoms with Crippen molar-refractivity contribution in [3.05, 3.63) is 28.7 Å². The Morgan fingerprint density at radius 3 is 2.43 bits per heavy atom. The van der Waals surface area contributed by atoms with E-state index in [1.165, 1.54) is 0 Å². The van der Waals surface area contributed by atoms with Crippen LogP contribution in [-0.2, 0) is 9.05 Å². The van der Waals surface area contributed by atoms with Gasteiger partial charge >= 0.3 is 0 Å². The van der Waals surface area contributed by atoms with Gasteiger partial charge in [-0.2, -0.15) is 0 Å². The van der Waals surface area contributed by atoms with Gasteiger partial charge in [-0.25, -0.2) is 8.42 Å². The average molecular weight is 396 g/mol. The third-order valence-electron chi connectivity index (χ3n) is 3.98. The lowest BCUT2D eigenvalue weighted by molar-refractivity contribution is 0.146. The predicted molar refractivity (Wildman–Crippen MR) is 89.4 cm³/mol. The molecule has 3 nitrogen and oxygen atoms in total. The number of benzene rings is 1. The van der Waals surface area contributed by atoms with Crippen molar-refractivity contribution in [1.82, 2.24) is 0 Å². The molecule has 118 valence electrons. The van der Waals surface area contributed by atoms with Crippen LogP contribution in [0.3, 0.4) is 0 Å². The van der Waals surface area contributed by atoms with Crippen molar-refractivity contribution < 1.29 is 13.2 Å². The summed E-state index contributed by atoms with van der Waals surface area (Å²) in [6, 6.07) is 7.60. The van der Waals surface area contributed by atoms with E-state index in [0.717, 1.165) is 48.7 Å². The Morgan fingerprint density at radius 2 is 1.86 bits per heavy atom. The second-order valence-corrected chi connectivity index (χ2v) is 9.54. The Bertz CT molecular complexity index is 566. The maximum absolute atomic E-state index is 11.6. The topological polar surface area (TPSA) is 43.4 Å². The van der Waals surface area contributed by atoms with E-state index in [1.54, 1.807) is 0 Å². The smallest absolute Gasteiger partial charge is 0.233 e. The number of ether oxygens (including phenoxy) is 1. The summed E-state index contributed by atoms with van der Waals surface area (Å²) in [5.41, 5.74) is -0.362. The Labute approximate surface area is 139 Å². The third kappa shape index (κ3) is 5.80. The molecule has 1 aliphatic carbocycles. The molecule has 1 aromatic rings. The minimum absolute atomic E-state index is 0.00441. The lowest BCUT2D eigenvalue weighted by atomic mass is 9.83. The summed E-state index contributed by atoms with van der Waals surface area (Å²) in [6.07, 6.45) is 6.09. The van der Waals surface area contributed by atoms with Crippen LogP contribution in [0, 0.1) is 5.41 Å². The first kappa shape index (κ1) is 17.1. The van der Waals surface area contributed by atoms with Gasteiger partial charge in [-0.3, -0.25) is 0 Å². The van der Waals surface area contributed by atoms with Crippen molar-refractivity contribution in [1.29, 1.82) is 0 Å². The van der Waals surface area contributed by atoms with Crippen LogP contribution in [0.5, 0.6) is 5.75 Å². The first-order valence-electron chi connectivity index (χ1n) is 7.19. The SMILES string of the molecule is O=S(=O)(Cl)CC1(COc2cccc(Br)c2)CCCCCC1. The molecule has 0 aromatic heterocycles. The third-order valence-corrected chi connectivity index (χ3v) is 5.76. The van der Waals surface area contributed by atoms with Crippen LogP contribution in [0.1, 0.15) is 38.5 Å². The van der Waals surface area contributed by atoms with Crippen LogP contribution < -0.4 is 4.74 Å². The van der Waals surface area contributed by atoms with Gasteiger partial charge in [-0.05, 0) is 31.0 Å². The Morgan fingerprint density at radius 1 is 1.19 bits per heavy atom. The summed E-state index contributed by atoms with van der Waals surface area (Å²) in [6.45, 7) is 0.398. The minimum atomic E-state index is -3.53. The molecule has 1 aromatic carbocycles. The van der Waals surface area contributed by atoms with E-state index >= 15 is 0 Å². The summed E-state index contributed by atoms with van der Waals surface area (Å²) in [5, 5.41) is 0. The molecule has 6 heteroatoms. The molecule has 1 saturated carbocycles. The Hall–Kier alpha value is -0.260. The molecule has 0 spiro atoms. The Kier molecular flexibility index (Phi) is 5.97. The lowest BCUT2D eigenvalue weighted by Gasteiger charge is -2.31. The molecule has 21 heavy (non-hydrogen) atoms. The fourth-order valence-electron chi connectivity index (χ4n) is 2.97. The fourth-order valence-corrected chi connectivity index (χ4v) is 5.14. The highest BCUT2D eigenvalue weighted by atomic mass is 79.9. The van der Waals surface area contributed by atoms with Crippen LogP contribution in [0.2, 0.25) is 0 Å². The van der Waals surface area contributed by atoms with Crippen molar-refractivity contribution >= 4 is 35.7 Å². The first-order chi connectivity index (χ1) is 9.89. The van der Waals surface area contributed by atoms with Crippen molar-refractivity contribution in [3.8, 4) is 5.75 Å². The van der Waals surface area contributed by atoms with Crippen LogP contribution in [0.25, 0.3) is 0 Å². The minimum Gasteiger partial charge on any atom is -0.493 e. The highest BCUT2D eigenvalue weighted by molar-refractivity contribution is 9.10. The molecule has 0 amide bonds. The van der Waals surface area contributed by atoms with Gasteiger partial charge in [0.25, 0.3) is 0 Å². The molecule has 0 N–H and O–H groups in total. The average Bonchev–Trinajstić information content (AvgIpc) is 2.61. The van der Waals surface area contributed by atoms with Gasteiger partial charge in [0, 0.05) is 20.6 Å². The van der Waals surface area contributed by atoms with E-state index in [0.29, 0.717) is 6.61 Å². The van der Waals surface area contributed by atoms with Crippen molar-refractivity contribution in [2.75, 3.05) is 12.4 Å². The molecule has 0 aliphatic heterocycles. The molecule has 0 atom stereocenters. The molecule has 0 radical (unpaired) electrons. The maximum Gasteiger partial charge on any atom is 0.233 e. The summed E-state index contributed by atoms with van der Waals surface area (Å²) >= 11 is 3.41. The second kappa shape index (κ2) is 7.34. The zero-order chi connectivity index (χ0) is 15.3. The lowest BCUT2D eigenvalue weighted by Crippen LogP contribution is -2.34. The van der Waals surface area contributed by atoms with Gasteiger partial charge in [-0.1, -0.05) is 47.7 Å². The molecule has 0 saturated heterocycles. The fraction of sp³-hybridized carbons (Fsp3) is 0.600. The van der Waals surface area contributed by atoms with Crippen molar-refractivity contribution in [2.24, 2.45) is 5.41 Å². The zero-order valence-electron chi connectivity index (χ0n) is 11.9. The molecule has 0 bridgehead atoms. The summed E-state index contributed by atoms with van der Waals surface area (Å²) in [5.74, 6) is 0.746. The molecule has 0 heterocycles. The Balaban J connectivity index is 2.11. The van der Waals surface area contributed by atoms with Crippen LogP contribution in [0.15, 0.2) is 28.7 Å². The van der Waals surface area contributed by atoms with E-state index in [1.807, 2.05) is 24.3 Å². The van der Waals surface area contributed by atoms with E-state index in [9.17, 15) is 8.42 Å². The number of hydrogen-bond donors (Lipinski definition) is 0. The standard InChI is InChI=1S/C15H20BrClO3S/c16-13-6-5-7-14(10-13)20-11-15(12-21(17,18)19)8-3-1-2-4-9-15/h5-7,10H,1-4,8-9,11-12H2. The molecule has 2 rings (SSSR count). The van der Waals surface area contributed by atoms with Gasteiger partial charge in [0.2, 0.25) is 9.05 Å². The maximum atomic E-state index is 11.6. The van der Waals surface area contributed by atoms with Crippen molar-refractivity contribution in [2.45, 2.75) is 38.5 Å². The molecular weight excluding hydrogens is 376 g/mol. The summed E-state index contributed by atoms with van der Waals surface area (Å²) < 4.78 is 30.0. The molecule has 1 fully saturated rings. The van der Waals surface area contributed by atoms with E-state index in [2.05, 4.69) is 15.9 Å². The van der Waals surface area contributed by atoms with E-state index < -0.39 is 9.05 Å². The second-order valence-electron chi connectivity index (χ2n) is 5.84. The molecule has 1 aliphatic rings. The largest absolute Gasteiger partial charge is 0.493 e. The highest BCUT2D eigenvalue weighted by Gasteiger charge is 2.36. The monoisotopic (exact) mass is 394 g/mol. The zero-order valence-corrected chi connectivity index (χ0v) is 15.0. The van der Waals surface area contributed by atoms with Gasteiger partial charge in [-0.15, -0.1) is 0 Å². The quantitative estimate of drug-likeness (QED) is 0.534. The van der Waals surface area contributed by atoms with Gasteiger partial charge in [0.1, 0.15) is 5.75 Å².